The van der Waals surface area contributed by atoms with Crippen LogP contribution in [0.1, 0.15) is 39.2 Å². The van der Waals surface area contributed by atoms with Gasteiger partial charge >= 0.3 is 0 Å². The number of carbonyl (C=O) groups excluding carboxylic acids is 1. The number of nitrogens with two attached hydrogens (primary N) is 1. The van der Waals surface area contributed by atoms with Gasteiger partial charge in [-0.25, -0.2) is 0 Å². The number of amides is 1. The van der Waals surface area contributed by atoms with Crippen molar-refractivity contribution < 1.29 is 9.90 Å². The molecule has 1 fully saturated rings. The van der Waals surface area contributed by atoms with Crippen molar-refractivity contribution in [2.45, 2.75) is 44.6 Å². The van der Waals surface area contributed by atoms with Crippen molar-refractivity contribution in [2.24, 2.45) is 0 Å². The Morgan fingerprint density at radius 2 is 1.95 bits per heavy atom. The minimum atomic E-state index is -0.773. The summed E-state index contributed by atoms with van der Waals surface area (Å²) in [5, 5.41) is 10.2. The average Bonchev–Trinajstić information content (AvgIpc) is 2.37. The van der Waals surface area contributed by atoms with E-state index in [0.717, 1.165) is 18.4 Å². The van der Waals surface area contributed by atoms with Crippen LogP contribution in [-0.2, 0) is 10.2 Å². The molecule has 1 amide bonds. The van der Waals surface area contributed by atoms with Gasteiger partial charge in [-0.3, -0.25) is 4.79 Å². The molecular weight excluding hydrogens is 252 g/mol. The van der Waals surface area contributed by atoms with Gasteiger partial charge < -0.3 is 15.7 Å². The van der Waals surface area contributed by atoms with Crippen molar-refractivity contribution >= 4 is 11.6 Å². The smallest absolute Gasteiger partial charge is 0.232 e. The molecule has 3 N–H and O–H groups in total. The van der Waals surface area contributed by atoms with Crippen LogP contribution in [0.15, 0.2) is 24.3 Å². The van der Waals surface area contributed by atoms with Gasteiger partial charge in [0.05, 0.1) is 11.0 Å². The molecule has 2 rings (SSSR count). The highest BCUT2D eigenvalue weighted by atomic mass is 16.3. The number of likely N-dealkylation sites (tertiary alicyclic amines) is 1. The molecule has 1 heterocycles. The maximum absolute atomic E-state index is 12.8. The zero-order valence-corrected chi connectivity index (χ0v) is 12.5. The van der Waals surface area contributed by atoms with E-state index in [1.165, 1.54) is 0 Å². The lowest BCUT2D eigenvalue weighted by molar-refractivity contribution is -0.142. The summed E-state index contributed by atoms with van der Waals surface area (Å²) in [6.45, 7) is 6.76. The zero-order chi connectivity index (χ0) is 15.0. The second-order valence-corrected chi connectivity index (χ2v) is 6.57. The SMILES string of the molecule is CC1(O)CCCN(C(=O)C(C)(C)c2ccc(N)cc2)C1. The largest absolute Gasteiger partial charge is 0.399 e. The fraction of sp³-hybridized carbons (Fsp3) is 0.562. The molecule has 0 aromatic heterocycles. The van der Waals surface area contributed by atoms with Crippen molar-refractivity contribution in [1.29, 1.82) is 0 Å². The maximum atomic E-state index is 12.8. The van der Waals surface area contributed by atoms with Crippen LogP contribution in [0.2, 0.25) is 0 Å². The van der Waals surface area contributed by atoms with E-state index in [9.17, 15) is 9.90 Å². The van der Waals surface area contributed by atoms with Crippen LogP contribution in [-0.4, -0.2) is 34.6 Å². The topological polar surface area (TPSA) is 66.6 Å². The fourth-order valence-corrected chi connectivity index (χ4v) is 2.81. The number of β-amino-alcohol motifs (C(OH)–C–C–N with tert-alkyl or cyclic N) is 1. The summed E-state index contributed by atoms with van der Waals surface area (Å²) < 4.78 is 0. The molecule has 20 heavy (non-hydrogen) atoms. The number of anilines is 1. The van der Waals surface area contributed by atoms with Gasteiger partial charge in [0.25, 0.3) is 0 Å². The molecule has 1 aromatic carbocycles. The van der Waals surface area contributed by atoms with Crippen LogP contribution in [0.5, 0.6) is 0 Å². The molecule has 4 nitrogen and oxygen atoms in total. The van der Waals surface area contributed by atoms with Crippen LogP contribution in [0.3, 0.4) is 0 Å². The second-order valence-electron chi connectivity index (χ2n) is 6.57. The number of nitrogens with zero attached hydrogens (tertiary/aromatic N) is 1. The van der Waals surface area contributed by atoms with Crippen molar-refractivity contribution in [3.05, 3.63) is 29.8 Å². The third-order valence-electron chi connectivity index (χ3n) is 4.13. The molecule has 0 bridgehead atoms. The maximum Gasteiger partial charge on any atom is 0.232 e. The molecule has 110 valence electrons. The van der Waals surface area contributed by atoms with Crippen LogP contribution < -0.4 is 5.73 Å². The molecular formula is C16H24N2O2. The summed E-state index contributed by atoms with van der Waals surface area (Å²) >= 11 is 0. The number of hydrogen-bond donors (Lipinski definition) is 2. The molecule has 1 unspecified atom stereocenters. The van der Waals surface area contributed by atoms with Crippen molar-refractivity contribution in [1.82, 2.24) is 4.90 Å². The first-order valence-electron chi connectivity index (χ1n) is 7.10. The predicted molar refractivity (Wildman–Crippen MR) is 80.3 cm³/mol. The minimum Gasteiger partial charge on any atom is -0.399 e. The second kappa shape index (κ2) is 5.09. The van der Waals surface area contributed by atoms with E-state index in [4.69, 9.17) is 5.73 Å². The van der Waals surface area contributed by atoms with E-state index in [-0.39, 0.29) is 5.91 Å². The number of piperidine rings is 1. The highest BCUT2D eigenvalue weighted by Gasteiger charge is 2.38. The Morgan fingerprint density at radius 3 is 2.50 bits per heavy atom. The lowest BCUT2D eigenvalue weighted by atomic mass is 9.82. The average molecular weight is 276 g/mol. The van der Waals surface area contributed by atoms with Gasteiger partial charge in [0.2, 0.25) is 5.91 Å². The lowest BCUT2D eigenvalue weighted by Crippen LogP contribution is -2.53. The summed E-state index contributed by atoms with van der Waals surface area (Å²) in [6, 6.07) is 7.43. The third-order valence-corrected chi connectivity index (χ3v) is 4.13. The first-order chi connectivity index (χ1) is 9.22. The number of carbonyl (C=O) groups is 1. The molecule has 1 atom stereocenters. The van der Waals surface area contributed by atoms with Crippen molar-refractivity contribution in [2.75, 3.05) is 18.8 Å². The quantitative estimate of drug-likeness (QED) is 0.811. The molecule has 0 radical (unpaired) electrons. The molecule has 4 heteroatoms. The van der Waals surface area contributed by atoms with Gasteiger partial charge in [0.1, 0.15) is 0 Å². The third kappa shape index (κ3) is 2.96. The van der Waals surface area contributed by atoms with Gasteiger partial charge in [0.15, 0.2) is 0 Å². The Hall–Kier alpha value is -1.55. The van der Waals surface area contributed by atoms with Gasteiger partial charge in [-0.15, -0.1) is 0 Å². The number of nitrogen functional groups attached to an aromatic ring is 1. The number of hydrogen-bond acceptors (Lipinski definition) is 3. The van der Waals surface area contributed by atoms with Crippen LogP contribution in [0.25, 0.3) is 0 Å². The molecule has 1 saturated heterocycles. The van der Waals surface area contributed by atoms with E-state index in [1.54, 1.807) is 11.8 Å². The standard InChI is InChI=1S/C16H24N2O2/c1-15(2,12-5-7-13(17)8-6-12)14(19)18-10-4-9-16(3,20)11-18/h5-8,20H,4,9-11,17H2,1-3H3. The van der Waals surface area contributed by atoms with Crippen molar-refractivity contribution in [3.63, 3.8) is 0 Å². The first-order valence-corrected chi connectivity index (χ1v) is 7.10. The van der Waals surface area contributed by atoms with Crippen LogP contribution >= 0.6 is 0 Å². The Morgan fingerprint density at radius 1 is 1.35 bits per heavy atom. The van der Waals surface area contributed by atoms with Crippen LogP contribution in [0, 0.1) is 0 Å². The van der Waals surface area contributed by atoms with Gasteiger partial charge in [0, 0.05) is 18.8 Å². The summed E-state index contributed by atoms with van der Waals surface area (Å²) in [6.07, 6.45) is 1.59. The predicted octanol–water partition coefficient (Wildman–Crippen LogP) is 1.92. The Labute approximate surface area is 120 Å². The number of aliphatic hydroxyl groups is 1. The normalized spacial score (nSPS) is 23.7. The summed E-state index contributed by atoms with van der Waals surface area (Å²) in [5.74, 6) is 0.0576. The Kier molecular flexibility index (Phi) is 3.78. The zero-order valence-electron chi connectivity index (χ0n) is 12.5. The van der Waals surface area contributed by atoms with E-state index in [0.29, 0.717) is 18.8 Å². The molecule has 0 spiro atoms. The minimum absolute atomic E-state index is 0.0576. The van der Waals surface area contributed by atoms with E-state index < -0.39 is 11.0 Å². The van der Waals surface area contributed by atoms with Crippen LogP contribution in [0.4, 0.5) is 5.69 Å². The van der Waals surface area contributed by atoms with Gasteiger partial charge in [-0.05, 0) is 51.3 Å². The first kappa shape index (κ1) is 14.9. The van der Waals surface area contributed by atoms with E-state index >= 15 is 0 Å². The molecule has 0 aliphatic carbocycles. The number of rotatable bonds is 2. The Balaban J connectivity index is 2.20. The lowest BCUT2D eigenvalue weighted by Gasteiger charge is -2.40. The molecule has 1 aromatic rings. The Bertz CT molecular complexity index is 492. The highest BCUT2D eigenvalue weighted by Crippen LogP contribution is 2.29. The molecule has 1 aliphatic heterocycles. The highest BCUT2D eigenvalue weighted by molar-refractivity contribution is 5.87. The fourth-order valence-electron chi connectivity index (χ4n) is 2.81. The van der Waals surface area contributed by atoms with Crippen molar-refractivity contribution in [3.8, 4) is 0 Å². The van der Waals surface area contributed by atoms with E-state index in [2.05, 4.69) is 0 Å². The van der Waals surface area contributed by atoms with E-state index in [1.807, 2.05) is 38.1 Å². The summed E-state index contributed by atoms with van der Waals surface area (Å²) in [5.41, 5.74) is 5.95. The number of benzene rings is 1. The summed E-state index contributed by atoms with van der Waals surface area (Å²) in [4.78, 5) is 14.6. The molecule has 1 aliphatic rings. The van der Waals surface area contributed by atoms with Gasteiger partial charge in [-0.2, -0.15) is 0 Å². The van der Waals surface area contributed by atoms with Gasteiger partial charge in [-0.1, -0.05) is 12.1 Å². The monoisotopic (exact) mass is 276 g/mol. The summed E-state index contributed by atoms with van der Waals surface area (Å²) in [7, 11) is 0. The molecule has 0 saturated carbocycles.